The minimum Gasteiger partial charge on any atom is -0.312 e. The van der Waals surface area contributed by atoms with Gasteiger partial charge < -0.3 is 10.2 Å². The second kappa shape index (κ2) is 7.01. The summed E-state index contributed by atoms with van der Waals surface area (Å²) in [6.45, 7) is 2.44. The lowest BCUT2D eigenvalue weighted by Gasteiger charge is -2.17. The van der Waals surface area contributed by atoms with E-state index in [9.17, 15) is 9.59 Å². The molecule has 0 saturated carbocycles. The van der Waals surface area contributed by atoms with Crippen molar-refractivity contribution >= 4 is 34.9 Å². The predicted octanol–water partition coefficient (Wildman–Crippen LogP) is 3.29. The molecule has 6 heteroatoms. The number of rotatable bonds is 4. The van der Waals surface area contributed by atoms with E-state index in [0.29, 0.717) is 17.4 Å². The summed E-state index contributed by atoms with van der Waals surface area (Å²) in [5, 5.41) is 3.08. The highest BCUT2D eigenvalue weighted by Gasteiger charge is 2.35. The zero-order chi connectivity index (χ0) is 17.1. The Morgan fingerprint density at radius 3 is 2.75 bits per heavy atom. The molecule has 24 heavy (non-hydrogen) atoms. The normalized spacial score (nSPS) is 17.2. The molecular formula is C18H18ClN3O2. The van der Waals surface area contributed by atoms with Gasteiger partial charge in [0.1, 0.15) is 0 Å². The number of hydrogen-bond acceptors (Lipinski definition) is 3. The molecule has 5 nitrogen and oxygen atoms in total. The van der Waals surface area contributed by atoms with E-state index in [1.807, 2.05) is 24.3 Å². The monoisotopic (exact) mass is 343 g/mol. The smallest absolute Gasteiger partial charge is 0.231 e. The van der Waals surface area contributed by atoms with Crippen LogP contribution in [0.1, 0.15) is 18.9 Å². The van der Waals surface area contributed by atoms with E-state index in [1.54, 1.807) is 23.2 Å². The highest BCUT2D eigenvalue weighted by atomic mass is 35.5. The molecule has 124 valence electrons. The van der Waals surface area contributed by atoms with Gasteiger partial charge in [-0.2, -0.15) is 0 Å². The quantitative estimate of drug-likeness (QED) is 0.926. The number of hydrogen-bond donors (Lipinski definition) is 1. The zero-order valence-corrected chi connectivity index (χ0v) is 14.1. The Kier molecular flexibility index (Phi) is 4.81. The molecule has 0 unspecified atom stereocenters. The van der Waals surface area contributed by atoms with Crippen LogP contribution in [0.2, 0.25) is 5.02 Å². The molecule has 0 bridgehead atoms. The number of nitrogens with zero attached hydrogens (tertiary/aromatic N) is 2. The average Bonchev–Trinajstić information content (AvgIpc) is 2.99. The van der Waals surface area contributed by atoms with E-state index >= 15 is 0 Å². The number of anilines is 2. The first-order valence-electron chi connectivity index (χ1n) is 7.89. The van der Waals surface area contributed by atoms with Crippen LogP contribution in [-0.2, 0) is 16.0 Å². The molecule has 0 aliphatic carbocycles. The molecular weight excluding hydrogens is 326 g/mol. The molecule has 1 atom stereocenters. The maximum absolute atomic E-state index is 12.4. The van der Waals surface area contributed by atoms with Crippen molar-refractivity contribution in [1.29, 1.82) is 0 Å². The molecule has 0 spiro atoms. The first-order chi connectivity index (χ1) is 11.6. The van der Waals surface area contributed by atoms with Crippen molar-refractivity contribution in [1.82, 2.24) is 4.98 Å². The minimum atomic E-state index is -0.415. The third kappa shape index (κ3) is 3.41. The van der Waals surface area contributed by atoms with Crippen molar-refractivity contribution in [2.24, 2.45) is 5.92 Å². The Bertz CT molecular complexity index is 761. The van der Waals surface area contributed by atoms with E-state index < -0.39 is 5.92 Å². The maximum atomic E-state index is 12.4. The van der Waals surface area contributed by atoms with Crippen molar-refractivity contribution in [3.05, 3.63) is 53.2 Å². The lowest BCUT2D eigenvalue weighted by Crippen LogP contribution is -2.28. The molecule has 1 saturated heterocycles. The van der Waals surface area contributed by atoms with Gasteiger partial charge in [0.25, 0.3) is 0 Å². The van der Waals surface area contributed by atoms with Crippen LogP contribution >= 0.6 is 11.6 Å². The molecule has 1 aliphatic rings. The summed E-state index contributed by atoms with van der Waals surface area (Å²) in [7, 11) is 0. The molecule has 1 aromatic heterocycles. The van der Waals surface area contributed by atoms with Crippen LogP contribution < -0.4 is 10.2 Å². The SMILES string of the molecule is CCc1ccc(N2C[C@H](C(=O)Nc3ncccc3Cl)CC2=O)cc1. The standard InChI is InChI=1S/C18H18ClN3O2/c1-2-12-5-7-14(8-6-12)22-11-13(10-16(22)23)18(24)21-17-15(19)4-3-9-20-17/h3-9,13H,2,10-11H2,1H3,(H,20,21,24)/t13-/m1/s1. The Labute approximate surface area is 145 Å². The lowest BCUT2D eigenvalue weighted by atomic mass is 10.1. The van der Waals surface area contributed by atoms with Gasteiger partial charge in [-0.3, -0.25) is 9.59 Å². The predicted molar refractivity (Wildman–Crippen MR) is 94.2 cm³/mol. The topological polar surface area (TPSA) is 62.3 Å². The van der Waals surface area contributed by atoms with Crippen molar-refractivity contribution in [3.63, 3.8) is 0 Å². The number of amides is 2. The average molecular weight is 344 g/mol. The first kappa shape index (κ1) is 16.5. The molecule has 1 aromatic carbocycles. The number of pyridine rings is 1. The van der Waals surface area contributed by atoms with Crippen LogP contribution in [0, 0.1) is 5.92 Å². The lowest BCUT2D eigenvalue weighted by molar-refractivity contribution is -0.122. The van der Waals surface area contributed by atoms with Gasteiger partial charge in [-0.15, -0.1) is 0 Å². The molecule has 3 rings (SSSR count). The summed E-state index contributed by atoms with van der Waals surface area (Å²) in [6.07, 6.45) is 2.69. The largest absolute Gasteiger partial charge is 0.312 e. The van der Waals surface area contributed by atoms with Gasteiger partial charge >= 0.3 is 0 Å². The maximum Gasteiger partial charge on any atom is 0.231 e. The Hall–Kier alpha value is -2.40. The third-order valence-electron chi connectivity index (χ3n) is 4.15. The summed E-state index contributed by atoms with van der Waals surface area (Å²) in [6, 6.07) is 11.2. The van der Waals surface area contributed by atoms with Gasteiger partial charge in [-0.1, -0.05) is 30.7 Å². The van der Waals surface area contributed by atoms with Gasteiger partial charge in [0, 0.05) is 24.8 Å². The zero-order valence-electron chi connectivity index (χ0n) is 13.3. The first-order valence-corrected chi connectivity index (χ1v) is 8.27. The second-order valence-electron chi connectivity index (χ2n) is 5.75. The summed E-state index contributed by atoms with van der Waals surface area (Å²) >= 11 is 6.00. The number of carbonyl (C=O) groups is 2. The summed E-state index contributed by atoms with van der Waals surface area (Å²) in [5.74, 6) is -0.382. The van der Waals surface area contributed by atoms with Gasteiger partial charge in [-0.25, -0.2) is 4.98 Å². The van der Waals surface area contributed by atoms with Gasteiger partial charge in [0.05, 0.1) is 10.9 Å². The molecule has 0 radical (unpaired) electrons. The molecule has 1 fully saturated rings. The fourth-order valence-corrected chi connectivity index (χ4v) is 2.91. The van der Waals surface area contributed by atoms with E-state index in [-0.39, 0.29) is 18.2 Å². The van der Waals surface area contributed by atoms with Crippen LogP contribution in [0.25, 0.3) is 0 Å². The highest BCUT2D eigenvalue weighted by Crippen LogP contribution is 2.27. The van der Waals surface area contributed by atoms with E-state index in [0.717, 1.165) is 12.1 Å². The number of benzene rings is 1. The third-order valence-corrected chi connectivity index (χ3v) is 4.46. The van der Waals surface area contributed by atoms with Crippen LogP contribution in [0.4, 0.5) is 11.5 Å². The highest BCUT2D eigenvalue weighted by molar-refractivity contribution is 6.33. The van der Waals surface area contributed by atoms with Crippen LogP contribution in [0.3, 0.4) is 0 Å². The molecule has 2 amide bonds. The second-order valence-corrected chi connectivity index (χ2v) is 6.16. The summed E-state index contributed by atoms with van der Waals surface area (Å²) in [4.78, 5) is 30.4. The van der Waals surface area contributed by atoms with Crippen molar-refractivity contribution < 1.29 is 9.59 Å². The minimum absolute atomic E-state index is 0.0495. The Morgan fingerprint density at radius 2 is 2.08 bits per heavy atom. The van der Waals surface area contributed by atoms with Crippen molar-refractivity contribution in [2.45, 2.75) is 19.8 Å². The summed E-state index contributed by atoms with van der Waals surface area (Å²) in [5.41, 5.74) is 2.04. The van der Waals surface area contributed by atoms with E-state index in [1.165, 1.54) is 5.56 Å². The summed E-state index contributed by atoms with van der Waals surface area (Å²) < 4.78 is 0. The van der Waals surface area contributed by atoms with Crippen molar-refractivity contribution in [3.8, 4) is 0 Å². The van der Waals surface area contributed by atoms with Gasteiger partial charge in [0.15, 0.2) is 5.82 Å². The molecule has 1 N–H and O–H groups in total. The van der Waals surface area contributed by atoms with E-state index in [4.69, 9.17) is 11.6 Å². The van der Waals surface area contributed by atoms with Crippen LogP contribution in [-0.4, -0.2) is 23.3 Å². The number of carbonyl (C=O) groups excluding carboxylic acids is 2. The number of halogens is 1. The molecule has 2 heterocycles. The number of aryl methyl sites for hydroxylation is 1. The number of nitrogens with one attached hydrogen (secondary N) is 1. The molecule has 1 aliphatic heterocycles. The van der Waals surface area contributed by atoms with Gasteiger partial charge in [0.2, 0.25) is 11.8 Å². The van der Waals surface area contributed by atoms with Crippen molar-refractivity contribution in [2.75, 3.05) is 16.8 Å². The Morgan fingerprint density at radius 1 is 1.33 bits per heavy atom. The van der Waals surface area contributed by atoms with Crippen LogP contribution in [0.5, 0.6) is 0 Å². The number of aromatic nitrogens is 1. The van der Waals surface area contributed by atoms with Crippen LogP contribution in [0.15, 0.2) is 42.6 Å². The Balaban J connectivity index is 1.69. The van der Waals surface area contributed by atoms with E-state index in [2.05, 4.69) is 17.2 Å². The fraction of sp³-hybridized carbons (Fsp3) is 0.278. The fourth-order valence-electron chi connectivity index (χ4n) is 2.74. The molecule has 2 aromatic rings. The van der Waals surface area contributed by atoms with Gasteiger partial charge in [-0.05, 0) is 36.2 Å².